The molecule has 0 atom stereocenters. The van der Waals surface area contributed by atoms with E-state index in [-0.39, 0.29) is 23.8 Å². The second-order valence-corrected chi connectivity index (χ2v) is 4.93. The maximum Gasteiger partial charge on any atom is 0.339 e. The van der Waals surface area contributed by atoms with Crippen molar-refractivity contribution >= 4 is 23.5 Å². The number of amides is 1. The number of nitrogens with one attached hydrogen (secondary N) is 1. The number of hydrogen-bond donors (Lipinski definition) is 2. The van der Waals surface area contributed by atoms with Crippen LogP contribution < -0.4 is 10.1 Å². The van der Waals surface area contributed by atoms with Gasteiger partial charge >= 0.3 is 5.97 Å². The Labute approximate surface area is 132 Å². The summed E-state index contributed by atoms with van der Waals surface area (Å²) in [6.45, 7) is 0.0951. The van der Waals surface area contributed by atoms with Gasteiger partial charge in [0.05, 0.1) is 0 Å². The first-order valence-corrected chi connectivity index (χ1v) is 6.90. The first-order valence-electron chi connectivity index (χ1n) is 6.52. The first-order chi connectivity index (χ1) is 10.6. The van der Waals surface area contributed by atoms with Crippen molar-refractivity contribution in [3.63, 3.8) is 0 Å². The first kappa shape index (κ1) is 15.9. The molecule has 1 amide bonds. The second-order valence-electron chi connectivity index (χ2n) is 4.50. The SMILES string of the molecule is O=C(COc1cc(Cl)ccc1C(=O)O)NCc1ccccc1. The lowest BCUT2D eigenvalue weighted by molar-refractivity contribution is -0.123. The van der Waals surface area contributed by atoms with E-state index in [2.05, 4.69) is 5.32 Å². The van der Waals surface area contributed by atoms with Gasteiger partial charge < -0.3 is 15.2 Å². The summed E-state index contributed by atoms with van der Waals surface area (Å²) in [7, 11) is 0. The smallest absolute Gasteiger partial charge is 0.339 e. The normalized spacial score (nSPS) is 10.0. The number of halogens is 1. The minimum Gasteiger partial charge on any atom is -0.483 e. The average molecular weight is 320 g/mol. The van der Waals surface area contributed by atoms with Crippen molar-refractivity contribution in [3.05, 3.63) is 64.7 Å². The maximum absolute atomic E-state index is 11.7. The van der Waals surface area contributed by atoms with Gasteiger partial charge in [-0.2, -0.15) is 0 Å². The fourth-order valence-electron chi connectivity index (χ4n) is 1.78. The fraction of sp³-hybridized carbons (Fsp3) is 0.125. The maximum atomic E-state index is 11.7. The topological polar surface area (TPSA) is 75.6 Å². The third kappa shape index (κ3) is 4.49. The summed E-state index contributed by atoms with van der Waals surface area (Å²) >= 11 is 5.80. The van der Waals surface area contributed by atoms with E-state index in [0.717, 1.165) is 5.56 Å². The van der Waals surface area contributed by atoms with Gasteiger partial charge in [-0.15, -0.1) is 0 Å². The molecule has 0 bridgehead atoms. The third-order valence-electron chi connectivity index (χ3n) is 2.87. The van der Waals surface area contributed by atoms with Crippen LogP contribution in [0.1, 0.15) is 15.9 Å². The van der Waals surface area contributed by atoms with Gasteiger partial charge in [-0.1, -0.05) is 41.9 Å². The Bertz CT molecular complexity index is 673. The zero-order valence-corrected chi connectivity index (χ0v) is 12.3. The number of carboxylic acid groups (broad SMARTS) is 1. The van der Waals surface area contributed by atoms with Gasteiger partial charge in [0.25, 0.3) is 5.91 Å². The van der Waals surface area contributed by atoms with Crippen LogP contribution in [0.25, 0.3) is 0 Å². The highest BCUT2D eigenvalue weighted by atomic mass is 35.5. The molecule has 2 N–H and O–H groups in total. The highest BCUT2D eigenvalue weighted by Crippen LogP contribution is 2.23. The molecule has 0 aliphatic rings. The molecule has 0 saturated carbocycles. The zero-order chi connectivity index (χ0) is 15.9. The Balaban J connectivity index is 1.91. The summed E-state index contributed by atoms with van der Waals surface area (Å²) in [5, 5.41) is 12.1. The quantitative estimate of drug-likeness (QED) is 0.858. The summed E-state index contributed by atoms with van der Waals surface area (Å²) < 4.78 is 5.25. The van der Waals surface area contributed by atoms with Crippen LogP contribution in [0.3, 0.4) is 0 Å². The van der Waals surface area contributed by atoms with E-state index in [1.807, 2.05) is 30.3 Å². The number of hydrogen-bond acceptors (Lipinski definition) is 3. The van der Waals surface area contributed by atoms with Crippen LogP contribution in [0, 0.1) is 0 Å². The minimum absolute atomic E-state index is 0.0414. The summed E-state index contributed by atoms with van der Waals surface area (Å²) in [5.74, 6) is -1.42. The van der Waals surface area contributed by atoms with Crippen LogP contribution in [-0.2, 0) is 11.3 Å². The molecule has 5 nitrogen and oxygen atoms in total. The van der Waals surface area contributed by atoms with Crippen LogP contribution in [0.2, 0.25) is 5.02 Å². The lowest BCUT2D eigenvalue weighted by Gasteiger charge is -2.10. The molecule has 0 fully saturated rings. The molecular formula is C16H14ClNO4. The zero-order valence-electron chi connectivity index (χ0n) is 11.6. The van der Waals surface area contributed by atoms with Crippen LogP contribution in [0.5, 0.6) is 5.75 Å². The van der Waals surface area contributed by atoms with Crippen molar-refractivity contribution < 1.29 is 19.4 Å². The van der Waals surface area contributed by atoms with Crippen molar-refractivity contribution in [2.24, 2.45) is 0 Å². The van der Waals surface area contributed by atoms with Gasteiger partial charge in [-0.25, -0.2) is 4.79 Å². The molecule has 0 spiro atoms. The molecule has 0 aromatic heterocycles. The molecule has 0 radical (unpaired) electrons. The molecule has 2 aromatic carbocycles. The number of carbonyl (C=O) groups is 2. The van der Waals surface area contributed by atoms with Crippen molar-refractivity contribution in [3.8, 4) is 5.75 Å². The highest BCUT2D eigenvalue weighted by molar-refractivity contribution is 6.30. The molecule has 2 aromatic rings. The Morgan fingerprint density at radius 1 is 1.14 bits per heavy atom. The van der Waals surface area contributed by atoms with E-state index in [1.165, 1.54) is 18.2 Å². The van der Waals surface area contributed by atoms with Gasteiger partial charge in [0.2, 0.25) is 0 Å². The van der Waals surface area contributed by atoms with Crippen molar-refractivity contribution in [2.45, 2.75) is 6.54 Å². The summed E-state index contributed by atoms with van der Waals surface area (Å²) in [6.07, 6.45) is 0. The van der Waals surface area contributed by atoms with E-state index < -0.39 is 5.97 Å². The average Bonchev–Trinajstić information content (AvgIpc) is 2.51. The number of benzene rings is 2. The third-order valence-corrected chi connectivity index (χ3v) is 3.10. The molecule has 0 aliphatic carbocycles. The van der Waals surface area contributed by atoms with E-state index in [4.69, 9.17) is 21.4 Å². The van der Waals surface area contributed by atoms with Gasteiger partial charge in [-0.3, -0.25) is 4.79 Å². The Morgan fingerprint density at radius 2 is 1.86 bits per heavy atom. The number of carboxylic acids is 1. The monoisotopic (exact) mass is 319 g/mol. The van der Waals surface area contributed by atoms with Crippen molar-refractivity contribution in [1.82, 2.24) is 5.32 Å². The lowest BCUT2D eigenvalue weighted by atomic mass is 10.2. The number of aromatic carboxylic acids is 1. The van der Waals surface area contributed by atoms with Crippen molar-refractivity contribution in [1.29, 1.82) is 0 Å². The molecule has 6 heteroatoms. The van der Waals surface area contributed by atoms with Crippen LogP contribution in [-0.4, -0.2) is 23.6 Å². The van der Waals surface area contributed by atoms with Crippen LogP contribution >= 0.6 is 11.6 Å². The molecule has 0 heterocycles. The van der Waals surface area contributed by atoms with Crippen molar-refractivity contribution in [2.75, 3.05) is 6.61 Å². The number of carbonyl (C=O) groups excluding carboxylic acids is 1. The van der Waals surface area contributed by atoms with E-state index >= 15 is 0 Å². The van der Waals surface area contributed by atoms with E-state index in [1.54, 1.807) is 0 Å². The predicted molar refractivity (Wildman–Crippen MR) is 82.2 cm³/mol. The minimum atomic E-state index is -1.14. The molecule has 0 aliphatic heterocycles. The molecule has 2 rings (SSSR count). The highest BCUT2D eigenvalue weighted by Gasteiger charge is 2.13. The number of rotatable bonds is 6. The Morgan fingerprint density at radius 3 is 2.55 bits per heavy atom. The van der Waals surface area contributed by atoms with Gasteiger partial charge in [0.15, 0.2) is 6.61 Å². The molecule has 22 heavy (non-hydrogen) atoms. The molecule has 0 saturated heterocycles. The van der Waals surface area contributed by atoms with E-state index in [9.17, 15) is 9.59 Å². The largest absolute Gasteiger partial charge is 0.483 e. The molecule has 0 unspecified atom stereocenters. The predicted octanol–water partition coefficient (Wildman–Crippen LogP) is 2.73. The van der Waals surface area contributed by atoms with Gasteiger partial charge in [0, 0.05) is 11.6 Å². The van der Waals surface area contributed by atoms with Crippen LogP contribution in [0.15, 0.2) is 48.5 Å². The molecule has 114 valence electrons. The fourth-order valence-corrected chi connectivity index (χ4v) is 1.95. The Kier molecular flexibility index (Phi) is 5.38. The lowest BCUT2D eigenvalue weighted by Crippen LogP contribution is -2.28. The summed E-state index contributed by atoms with van der Waals surface area (Å²) in [4.78, 5) is 22.8. The summed E-state index contributed by atoms with van der Waals surface area (Å²) in [6, 6.07) is 13.6. The van der Waals surface area contributed by atoms with Gasteiger partial charge in [0.1, 0.15) is 11.3 Å². The van der Waals surface area contributed by atoms with Crippen LogP contribution in [0.4, 0.5) is 0 Å². The second kappa shape index (κ2) is 7.47. The summed E-state index contributed by atoms with van der Waals surface area (Å²) in [5.41, 5.74) is 0.921. The standard InChI is InChI=1S/C16H14ClNO4/c17-12-6-7-13(16(20)21)14(8-12)22-10-15(19)18-9-11-4-2-1-3-5-11/h1-8H,9-10H2,(H,18,19)(H,20,21). The Hall–Kier alpha value is -2.53. The van der Waals surface area contributed by atoms with E-state index in [0.29, 0.717) is 11.6 Å². The molecular weight excluding hydrogens is 306 g/mol. The number of ether oxygens (including phenoxy) is 1. The van der Waals surface area contributed by atoms with Gasteiger partial charge in [-0.05, 0) is 23.8 Å².